The summed E-state index contributed by atoms with van der Waals surface area (Å²) in [6, 6.07) is 9.52. The highest BCUT2D eigenvalue weighted by molar-refractivity contribution is 5.87. The Labute approximate surface area is 131 Å². The summed E-state index contributed by atoms with van der Waals surface area (Å²) < 4.78 is 1.92. The molecule has 0 saturated carbocycles. The molecule has 5 N–H and O–H groups in total. The van der Waals surface area contributed by atoms with Gasteiger partial charge in [0.2, 0.25) is 5.95 Å². The molecule has 8 nitrogen and oxygen atoms in total. The highest BCUT2D eigenvalue weighted by atomic mass is 15.2. The van der Waals surface area contributed by atoms with Crippen molar-refractivity contribution in [3.8, 4) is 11.4 Å². The quantitative estimate of drug-likeness (QED) is 0.492. The molecule has 4 aromatic rings. The van der Waals surface area contributed by atoms with Gasteiger partial charge in [-0.3, -0.25) is 5.10 Å². The van der Waals surface area contributed by atoms with Crippen LogP contribution in [0.2, 0.25) is 0 Å². The number of nitrogens with one attached hydrogen (secondary N) is 1. The third-order valence-electron chi connectivity index (χ3n) is 3.54. The molecule has 0 spiro atoms. The Bertz CT molecular complexity index is 970. The Balaban J connectivity index is 1.83. The summed E-state index contributed by atoms with van der Waals surface area (Å²) >= 11 is 0. The lowest BCUT2D eigenvalue weighted by molar-refractivity contribution is 0.814. The molecule has 3 heterocycles. The molecule has 0 fully saturated rings. The highest BCUT2D eigenvalue weighted by Gasteiger charge is 2.15. The Morgan fingerprint density at radius 2 is 2.04 bits per heavy atom. The number of nitrogen functional groups attached to an aromatic ring is 2. The lowest BCUT2D eigenvalue weighted by Gasteiger charge is -2.06. The topological polar surface area (TPSA) is 124 Å². The second-order valence-corrected chi connectivity index (χ2v) is 5.19. The van der Waals surface area contributed by atoms with E-state index in [1.807, 2.05) is 34.9 Å². The normalized spacial score (nSPS) is 11.1. The van der Waals surface area contributed by atoms with Crippen molar-refractivity contribution in [3.63, 3.8) is 0 Å². The molecule has 114 valence electrons. The van der Waals surface area contributed by atoms with Gasteiger partial charge in [-0.15, -0.1) is 0 Å². The van der Waals surface area contributed by atoms with Crippen LogP contribution in [0, 0.1) is 0 Å². The van der Waals surface area contributed by atoms with E-state index in [9.17, 15) is 0 Å². The van der Waals surface area contributed by atoms with Gasteiger partial charge in [-0.05, 0) is 23.8 Å². The maximum atomic E-state index is 5.86. The number of nitrogens with two attached hydrogens (primary N) is 2. The fraction of sp³-hybridized carbons (Fsp3) is 0.0667. The van der Waals surface area contributed by atoms with E-state index in [0.717, 1.165) is 16.9 Å². The molecule has 0 aliphatic heterocycles. The zero-order valence-corrected chi connectivity index (χ0v) is 12.1. The van der Waals surface area contributed by atoms with Gasteiger partial charge < -0.3 is 16.0 Å². The standard InChI is InChI=1S/C15H14N8/c16-10-3-1-2-9(6-10)7-23-8-18-13-12(11-4-5-19-22-11)20-15(17)21-14(13)23/h1-6,8H,7,16H2,(H,19,22)(H2,17,20,21). The van der Waals surface area contributed by atoms with Crippen LogP contribution in [0.4, 0.5) is 11.6 Å². The lowest BCUT2D eigenvalue weighted by atomic mass is 10.2. The van der Waals surface area contributed by atoms with Gasteiger partial charge in [0.15, 0.2) is 5.65 Å². The largest absolute Gasteiger partial charge is 0.399 e. The molecular weight excluding hydrogens is 292 g/mol. The summed E-state index contributed by atoms with van der Waals surface area (Å²) in [6.45, 7) is 0.598. The SMILES string of the molecule is Nc1cccc(Cn2cnc3c(-c4ccn[nH]4)nc(N)nc32)c1. The predicted molar refractivity (Wildman–Crippen MR) is 87.3 cm³/mol. The number of aromatic nitrogens is 6. The van der Waals surface area contributed by atoms with Gasteiger partial charge in [-0.25, -0.2) is 9.97 Å². The Morgan fingerprint density at radius 1 is 1.13 bits per heavy atom. The molecule has 0 aliphatic rings. The van der Waals surface area contributed by atoms with E-state index in [2.05, 4.69) is 25.1 Å². The van der Waals surface area contributed by atoms with Crippen molar-refractivity contribution >= 4 is 22.8 Å². The summed E-state index contributed by atoms with van der Waals surface area (Å²) in [5.41, 5.74) is 16.2. The van der Waals surface area contributed by atoms with Crippen LogP contribution in [0.25, 0.3) is 22.6 Å². The monoisotopic (exact) mass is 306 g/mol. The molecule has 1 aromatic carbocycles. The molecule has 0 radical (unpaired) electrons. The number of aromatic amines is 1. The van der Waals surface area contributed by atoms with E-state index in [-0.39, 0.29) is 5.95 Å². The lowest BCUT2D eigenvalue weighted by Crippen LogP contribution is -2.03. The molecule has 3 aromatic heterocycles. The molecule has 4 rings (SSSR count). The smallest absolute Gasteiger partial charge is 0.222 e. The predicted octanol–water partition coefficient (Wildman–Crippen LogP) is 1.43. The van der Waals surface area contributed by atoms with Crippen molar-refractivity contribution in [2.45, 2.75) is 6.54 Å². The minimum absolute atomic E-state index is 0.191. The highest BCUT2D eigenvalue weighted by Crippen LogP contribution is 2.24. The van der Waals surface area contributed by atoms with E-state index >= 15 is 0 Å². The Kier molecular flexibility index (Phi) is 2.94. The molecule has 0 amide bonds. The van der Waals surface area contributed by atoms with Crippen LogP contribution in [0.1, 0.15) is 5.56 Å². The number of fused-ring (bicyclic) bond motifs is 1. The first-order valence-corrected chi connectivity index (χ1v) is 7.03. The number of benzene rings is 1. The second-order valence-electron chi connectivity index (χ2n) is 5.19. The summed E-state index contributed by atoms with van der Waals surface area (Å²) in [4.78, 5) is 13.0. The van der Waals surface area contributed by atoms with Crippen LogP contribution >= 0.6 is 0 Å². The van der Waals surface area contributed by atoms with Crippen molar-refractivity contribution in [3.05, 3.63) is 48.4 Å². The van der Waals surface area contributed by atoms with Gasteiger partial charge in [0.25, 0.3) is 0 Å². The molecule has 0 saturated heterocycles. The molecule has 8 heteroatoms. The minimum atomic E-state index is 0.191. The number of imidazole rings is 1. The van der Waals surface area contributed by atoms with Gasteiger partial charge in [0.05, 0.1) is 18.6 Å². The Hall–Kier alpha value is -3.42. The van der Waals surface area contributed by atoms with Gasteiger partial charge >= 0.3 is 0 Å². The average molecular weight is 306 g/mol. The molecule has 23 heavy (non-hydrogen) atoms. The van der Waals surface area contributed by atoms with Gasteiger partial charge in [-0.2, -0.15) is 10.1 Å². The summed E-state index contributed by atoms with van der Waals surface area (Å²) in [6.07, 6.45) is 3.38. The second kappa shape index (κ2) is 5.09. The number of nitrogens with zero attached hydrogens (tertiary/aromatic N) is 5. The van der Waals surface area contributed by atoms with Crippen molar-refractivity contribution in [2.75, 3.05) is 11.5 Å². The summed E-state index contributed by atoms with van der Waals surface area (Å²) in [7, 11) is 0. The summed E-state index contributed by atoms with van der Waals surface area (Å²) in [5.74, 6) is 0.191. The number of hydrogen-bond acceptors (Lipinski definition) is 6. The number of rotatable bonds is 3. The first kappa shape index (κ1) is 13.3. The molecule has 0 unspecified atom stereocenters. The zero-order chi connectivity index (χ0) is 15.8. The van der Waals surface area contributed by atoms with Crippen LogP contribution in [-0.2, 0) is 6.54 Å². The van der Waals surface area contributed by atoms with Gasteiger partial charge in [-0.1, -0.05) is 12.1 Å². The van der Waals surface area contributed by atoms with E-state index in [1.54, 1.807) is 12.5 Å². The van der Waals surface area contributed by atoms with Crippen molar-refractivity contribution in [1.29, 1.82) is 0 Å². The fourth-order valence-corrected chi connectivity index (χ4v) is 2.54. The zero-order valence-electron chi connectivity index (χ0n) is 12.1. The van der Waals surface area contributed by atoms with E-state index < -0.39 is 0 Å². The van der Waals surface area contributed by atoms with E-state index in [4.69, 9.17) is 11.5 Å². The van der Waals surface area contributed by atoms with Crippen LogP contribution in [0.15, 0.2) is 42.9 Å². The van der Waals surface area contributed by atoms with Crippen molar-refractivity contribution in [1.82, 2.24) is 29.7 Å². The minimum Gasteiger partial charge on any atom is -0.399 e. The summed E-state index contributed by atoms with van der Waals surface area (Å²) in [5, 5.41) is 6.82. The third-order valence-corrected chi connectivity index (χ3v) is 3.54. The van der Waals surface area contributed by atoms with Crippen LogP contribution in [0.3, 0.4) is 0 Å². The maximum Gasteiger partial charge on any atom is 0.222 e. The van der Waals surface area contributed by atoms with E-state index in [1.165, 1.54) is 0 Å². The number of H-pyrrole nitrogens is 1. The first-order chi connectivity index (χ1) is 11.2. The Morgan fingerprint density at radius 3 is 2.83 bits per heavy atom. The molecule has 0 atom stereocenters. The number of hydrogen-bond donors (Lipinski definition) is 3. The maximum absolute atomic E-state index is 5.86. The van der Waals surface area contributed by atoms with Gasteiger partial charge in [0, 0.05) is 11.9 Å². The van der Waals surface area contributed by atoms with Crippen molar-refractivity contribution < 1.29 is 0 Å². The molecular formula is C15H14N8. The van der Waals surface area contributed by atoms with Crippen molar-refractivity contribution in [2.24, 2.45) is 0 Å². The van der Waals surface area contributed by atoms with Crippen LogP contribution < -0.4 is 11.5 Å². The van der Waals surface area contributed by atoms with Crippen LogP contribution in [0.5, 0.6) is 0 Å². The average Bonchev–Trinajstić information content (AvgIpc) is 3.17. The van der Waals surface area contributed by atoms with E-state index in [0.29, 0.717) is 23.4 Å². The molecule has 0 aliphatic carbocycles. The fourth-order valence-electron chi connectivity index (χ4n) is 2.54. The molecule has 0 bridgehead atoms. The van der Waals surface area contributed by atoms with Crippen LogP contribution in [-0.4, -0.2) is 29.7 Å². The third kappa shape index (κ3) is 2.35. The number of anilines is 2. The van der Waals surface area contributed by atoms with Gasteiger partial charge in [0.1, 0.15) is 11.2 Å². The first-order valence-electron chi connectivity index (χ1n) is 7.03.